The SMILES string of the molecule is c1ccc(-n2c3cc(-c4cccc(-c5cncs5)c4)ccc3c3ccc(-c4cccc(-c5cncs5)c4)cc32)cc1. The average Bonchev–Trinajstić information content (AvgIpc) is 3.82. The van der Waals surface area contributed by atoms with Crippen molar-refractivity contribution in [3.8, 4) is 48.8 Å². The van der Waals surface area contributed by atoms with Gasteiger partial charge in [-0.25, -0.2) is 0 Å². The summed E-state index contributed by atoms with van der Waals surface area (Å²) in [5, 5.41) is 2.49. The predicted octanol–water partition coefficient (Wildman–Crippen LogP) is 10.4. The highest BCUT2D eigenvalue weighted by molar-refractivity contribution is 7.13. The summed E-state index contributed by atoms with van der Waals surface area (Å²) < 4.78 is 2.40. The Balaban J connectivity index is 1.32. The molecule has 194 valence electrons. The van der Waals surface area contributed by atoms with Crippen LogP contribution in [0.25, 0.3) is 70.6 Å². The van der Waals surface area contributed by atoms with Crippen LogP contribution >= 0.6 is 22.7 Å². The second-order valence-electron chi connectivity index (χ2n) is 10.0. The fraction of sp³-hybridized carbons (Fsp3) is 0. The lowest BCUT2D eigenvalue weighted by Gasteiger charge is -2.10. The van der Waals surface area contributed by atoms with Crippen LogP contribution in [0.15, 0.2) is 139 Å². The Bertz CT molecular complexity index is 2010. The number of fused-ring (bicyclic) bond motifs is 3. The van der Waals surface area contributed by atoms with Gasteiger partial charge in [-0.05, 0) is 69.8 Å². The lowest BCUT2D eigenvalue weighted by Crippen LogP contribution is -1.94. The van der Waals surface area contributed by atoms with Gasteiger partial charge in [0.1, 0.15) is 0 Å². The molecule has 0 aliphatic carbocycles. The van der Waals surface area contributed by atoms with Crippen molar-refractivity contribution in [1.82, 2.24) is 14.5 Å². The Morgan fingerprint density at radius 3 is 1.41 bits per heavy atom. The summed E-state index contributed by atoms with van der Waals surface area (Å²) >= 11 is 3.33. The zero-order valence-corrected chi connectivity index (χ0v) is 23.6. The van der Waals surface area contributed by atoms with Gasteiger partial charge in [0.25, 0.3) is 0 Å². The Hall–Kier alpha value is -4.84. The van der Waals surface area contributed by atoms with Gasteiger partial charge in [-0.3, -0.25) is 9.97 Å². The van der Waals surface area contributed by atoms with Crippen molar-refractivity contribution in [2.24, 2.45) is 0 Å². The van der Waals surface area contributed by atoms with E-state index >= 15 is 0 Å². The number of benzene rings is 5. The molecule has 0 amide bonds. The first-order valence-corrected chi connectivity index (χ1v) is 15.2. The molecular formula is C36H23N3S2. The lowest BCUT2D eigenvalue weighted by molar-refractivity contribution is 1.18. The van der Waals surface area contributed by atoms with Crippen molar-refractivity contribution in [3.05, 3.63) is 139 Å². The van der Waals surface area contributed by atoms with Crippen LogP contribution in [0, 0.1) is 0 Å². The Morgan fingerprint density at radius 2 is 0.927 bits per heavy atom. The van der Waals surface area contributed by atoms with Gasteiger partial charge in [0, 0.05) is 28.9 Å². The molecule has 5 heteroatoms. The molecule has 0 saturated heterocycles. The van der Waals surface area contributed by atoms with Gasteiger partial charge in [-0.15, -0.1) is 22.7 Å². The van der Waals surface area contributed by atoms with Crippen molar-refractivity contribution in [2.45, 2.75) is 0 Å². The monoisotopic (exact) mass is 561 g/mol. The molecular weight excluding hydrogens is 539 g/mol. The zero-order valence-electron chi connectivity index (χ0n) is 21.9. The molecule has 3 heterocycles. The first kappa shape index (κ1) is 24.0. The van der Waals surface area contributed by atoms with Gasteiger partial charge >= 0.3 is 0 Å². The topological polar surface area (TPSA) is 30.7 Å². The maximum atomic E-state index is 4.27. The summed E-state index contributed by atoms with van der Waals surface area (Å²) in [6.45, 7) is 0. The van der Waals surface area contributed by atoms with E-state index in [9.17, 15) is 0 Å². The summed E-state index contributed by atoms with van der Waals surface area (Å²) in [5.41, 5.74) is 14.5. The maximum Gasteiger partial charge on any atom is 0.0797 e. The zero-order chi connectivity index (χ0) is 27.2. The van der Waals surface area contributed by atoms with E-state index in [-0.39, 0.29) is 0 Å². The van der Waals surface area contributed by atoms with Crippen LogP contribution in [0.3, 0.4) is 0 Å². The van der Waals surface area contributed by atoms with Gasteiger partial charge < -0.3 is 4.57 Å². The van der Waals surface area contributed by atoms with E-state index in [2.05, 4.69) is 130 Å². The van der Waals surface area contributed by atoms with Gasteiger partial charge in [0.2, 0.25) is 0 Å². The molecule has 5 aromatic carbocycles. The fourth-order valence-corrected chi connectivity index (χ4v) is 6.89. The third-order valence-electron chi connectivity index (χ3n) is 7.61. The van der Waals surface area contributed by atoms with E-state index in [4.69, 9.17) is 0 Å². The molecule has 0 aliphatic heterocycles. The second-order valence-corrected chi connectivity index (χ2v) is 11.8. The fourth-order valence-electron chi connectivity index (χ4n) is 5.65. The second kappa shape index (κ2) is 9.97. The molecule has 0 bridgehead atoms. The lowest BCUT2D eigenvalue weighted by atomic mass is 9.99. The van der Waals surface area contributed by atoms with E-state index < -0.39 is 0 Å². The highest BCUT2D eigenvalue weighted by Crippen LogP contribution is 2.38. The molecule has 0 saturated carbocycles. The van der Waals surface area contributed by atoms with Gasteiger partial charge in [-0.2, -0.15) is 0 Å². The summed E-state index contributed by atoms with van der Waals surface area (Å²) in [6, 6.07) is 41.8. The first-order valence-electron chi connectivity index (χ1n) is 13.4. The number of nitrogens with zero attached hydrogens (tertiary/aromatic N) is 3. The van der Waals surface area contributed by atoms with Crippen LogP contribution in [0.5, 0.6) is 0 Å². The van der Waals surface area contributed by atoms with Crippen LogP contribution in [0.4, 0.5) is 0 Å². The van der Waals surface area contributed by atoms with Crippen molar-refractivity contribution < 1.29 is 0 Å². The number of para-hydroxylation sites is 1. The Labute approximate surface area is 245 Å². The molecule has 0 unspecified atom stereocenters. The minimum absolute atomic E-state index is 1.15. The van der Waals surface area contributed by atoms with Crippen LogP contribution in [-0.2, 0) is 0 Å². The molecule has 0 spiro atoms. The summed E-state index contributed by atoms with van der Waals surface area (Å²) in [6.07, 6.45) is 3.87. The van der Waals surface area contributed by atoms with Crippen LogP contribution < -0.4 is 0 Å². The van der Waals surface area contributed by atoms with Crippen molar-refractivity contribution in [2.75, 3.05) is 0 Å². The number of hydrogen-bond acceptors (Lipinski definition) is 4. The quantitative estimate of drug-likeness (QED) is 0.209. The average molecular weight is 562 g/mol. The molecule has 0 atom stereocenters. The van der Waals surface area contributed by atoms with E-state index in [1.54, 1.807) is 22.7 Å². The highest BCUT2D eigenvalue weighted by atomic mass is 32.1. The van der Waals surface area contributed by atoms with Crippen LogP contribution in [0.1, 0.15) is 0 Å². The molecule has 0 aliphatic rings. The molecule has 0 radical (unpaired) electrons. The van der Waals surface area contributed by atoms with E-state index in [0.29, 0.717) is 0 Å². The Morgan fingerprint density at radius 1 is 0.439 bits per heavy atom. The smallest absolute Gasteiger partial charge is 0.0797 e. The number of aromatic nitrogens is 3. The normalized spacial score (nSPS) is 11.4. The van der Waals surface area contributed by atoms with Gasteiger partial charge in [0.05, 0.1) is 31.8 Å². The molecule has 8 aromatic rings. The number of hydrogen-bond donors (Lipinski definition) is 0. The number of thiazole rings is 2. The maximum absolute atomic E-state index is 4.27. The largest absolute Gasteiger partial charge is 0.309 e. The molecule has 0 fully saturated rings. The minimum atomic E-state index is 1.15. The molecule has 3 aromatic heterocycles. The molecule has 8 rings (SSSR count). The van der Waals surface area contributed by atoms with Gasteiger partial charge in [-0.1, -0.05) is 78.9 Å². The standard InChI is InChI=1S/C36H23N3S2/c1-2-10-30(11-3-1)39-33-18-26(24-6-4-8-28(16-24)35-20-37-22-40-35)12-14-31(33)32-15-13-27(19-34(32)39)25-7-5-9-29(17-25)36-21-38-23-41-36/h1-23H. The predicted molar refractivity (Wildman–Crippen MR) is 174 cm³/mol. The third-order valence-corrected chi connectivity index (χ3v) is 9.25. The minimum Gasteiger partial charge on any atom is -0.309 e. The van der Waals surface area contributed by atoms with Crippen LogP contribution in [0.2, 0.25) is 0 Å². The van der Waals surface area contributed by atoms with Crippen LogP contribution in [-0.4, -0.2) is 14.5 Å². The molecule has 3 nitrogen and oxygen atoms in total. The van der Waals surface area contributed by atoms with E-state index in [1.165, 1.54) is 64.9 Å². The Kier molecular flexibility index (Phi) is 5.83. The third kappa shape index (κ3) is 4.27. The summed E-state index contributed by atoms with van der Waals surface area (Å²) in [5.74, 6) is 0. The van der Waals surface area contributed by atoms with Crippen molar-refractivity contribution >= 4 is 44.5 Å². The first-order chi connectivity index (χ1) is 20.3. The van der Waals surface area contributed by atoms with Crippen molar-refractivity contribution in [1.29, 1.82) is 0 Å². The van der Waals surface area contributed by atoms with E-state index in [0.717, 1.165) is 5.69 Å². The summed E-state index contributed by atoms with van der Waals surface area (Å²) in [7, 11) is 0. The summed E-state index contributed by atoms with van der Waals surface area (Å²) in [4.78, 5) is 10.9. The van der Waals surface area contributed by atoms with E-state index in [1.807, 2.05) is 23.4 Å². The number of rotatable bonds is 5. The van der Waals surface area contributed by atoms with Crippen molar-refractivity contribution in [3.63, 3.8) is 0 Å². The van der Waals surface area contributed by atoms with Gasteiger partial charge in [0.15, 0.2) is 0 Å². The molecule has 0 N–H and O–H groups in total. The molecule has 41 heavy (non-hydrogen) atoms. The highest BCUT2D eigenvalue weighted by Gasteiger charge is 2.15.